The molecule has 0 fully saturated rings. The Kier molecular flexibility index (Phi) is 4.91. The number of anilines is 2. The van der Waals surface area contributed by atoms with Crippen LogP contribution in [0.2, 0.25) is 0 Å². The Morgan fingerprint density at radius 1 is 1.40 bits per heavy atom. The number of amides is 1. The summed E-state index contributed by atoms with van der Waals surface area (Å²) >= 11 is 2.65. The van der Waals surface area contributed by atoms with E-state index in [0.29, 0.717) is 9.47 Å². The minimum Gasteiger partial charge on any atom is -0.363 e. The van der Waals surface area contributed by atoms with Gasteiger partial charge in [0.1, 0.15) is 5.82 Å². The zero-order valence-electron chi connectivity index (χ0n) is 10.9. The van der Waals surface area contributed by atoms with Crippen LogP contribution in [0.5, 0.6) is 0 Å². The van der Waals surface area contributed by atoms with Gasteiger partial charge in [-0.25, -0.2) is 4.39 Å². The quantitative estimate of drug-likeness (QED) is 0.831. The molecular weight excluding hydrogens is 299 g/mol. The lowest BCUT2D eigenvalue weighted by Gasteiger charge is -2.10. The average molecular weight is 312 g/mol. The number of halogens is 1. The van der Waals surface area contributed by atoms with Crippen molar-refractivity contribution in [3.63, 3.8) is 0 Å². The van der Waals surface area contributed by atoms with Crippen molar-refractivity contribution in [2.24, 2.45) is 0 Å². The van der Waals surface area contributed by atoms with Crippen LogP contribution in [0.25, 0.3) is 0 Å². The molecule has 0 unspecified atom stereocenters. The Morgan fingerprint density at radius 3 is 2.80 bits per heavy atom. The molecule has 0 aliphatic heterocycles. The second kappa shape index (κ2) is 6.67. The molecule has 20 heavy (non-hydrogen) atoms. The third-order valence-electron chi connectivity index (χ3n) is 2.40. The van der Waals surface area contributed by atoms with Crippen molar-refractivity contribution in [2.75, 3.05) is 17.7 Å². The normalized spacial score (nSPS) is 11.9. The number of para-hydroxylation sites is 1. The molecule has 1 aromatic heterocycles. The first-order valence-corrected chi connectivity index (χ1v) is 7.53. The van der Waals surface area contributed by atoms with E-state index in [0.717, 1.165) is 0 Å². The lowest BCUT2D eigenvalue weighted by Crippen LogP contribution is -2.22. The predicted octanol–water partition coefficient (Wildman–Crippen LogP) is 2.84. The highest BCUT2D eigenvalue weighted by Crippen LogP contribution is 2.29. The van der Waals surface area contributed by atoms with Crippen LogP contribution < -0.4 is 10.6 Å². The number of carbonyl (C=O) groups is 1. The number of benzene rings is 1. The van der Waals surface area contributed by atoms with Gasteiger partial charge in [0.2, 0.25) is 11.0 Å². The van der Waals surface area contributed by atoms with Crippen LogP contribution >= 0.6 is 23.1 Å². The van der Waals surface area contributed by atoms with Gasteiger partial charge in [0.05, 0.1) is 10.9 Å². The van der Waals surface area contributed by atoms with Gasteiger partial charge in [-0.3, -0.25) is 4.79 Å². The van der Waals surface area contributed by atoms with E-state index >= 15 is 0 Å². The van der Waals surface area contributed by atoms with E-state index in [4.69, 9.17) is 0 Å². The summed E-state index contributed by atoms with van der Waals surface area (Å²) < 4.78 is 14.1. The third kappa shape index (κ3) is 3.67. The predicted molar refractivity (Wildman–Crippen MR) is 79.8 cm³/mol. The first kappa shape index (κ1) is 14.7. The highest BCUT2D eigenvalue weighted by atomic mass is 32.2. The van der Waals surface area contributed by atoms with Crippen molar-refractivity contribution in [3.05, 3.63) is 30.1 Å². The van der Waals surface area contributed by atoms with Crippen LogP contribution in [-0.2, 0) is 4.79 Å². The largest absolute Gasteiger partial charge is 0.363 e. The van der Waals surface area contributed by atoms with Gasteiger partial charge in [-0.2, -0.15) is 0 Å². The van der Waals surface area contributed by atoms with Gasteiger partial charge >= 0.3 is 0 Å². The summed E-state index contributed by atoms with van der Waals surface area (Å²) in [6.07, 6.45) is 0. The molecule has 0 aliphatic carbocycles. The van der Waals surface area contributed by atoms with E-state index in [9.17, 15) is 9.18 Å². The van der Waals surface area contributed by atoms with Crippen molar-refractivity contribution in [2.45, 2.75) is 16.5 Å². The second-order valence-electron chi connectivity index (χ2n) is 3.85. The Morgan fingerprint density at radius 2 is 2.15 bits per heavy atom. The fourth-order valence-corrected chi connectivity index (χ4v) is 3.21. The van der Waals surface area contributed by atoms with Crippen molar-refractivity contribution in [3.8, 4) is 0 Å². The first-order valence-electron chi connectivity index (χ1n) is 5.83. The Bertz CT molecular complexity index is 605. The topological polar surface area (TPSA) is 66.9 Å². The lowest BCUT2D eigenvalue weighted by atomic mass is 10.3. The Hall–Kier alpha value is -1.67. The van der Waals surface area contributed by atoms with Crippen LogP contribution in [-0.4, -0.2) is 28.4 Å². The molecule has 2 aromatic rings. The average Bonchev–Trinajstić information content (AvgIpc) is 2.89. The van der Waals surface area contributed by atoms with E-state index in [2.05, 4.69) is 20.8 Å². The number of hydrogen-bond donors (Lipinski definition) is 2. The molecule has 1 heterocycles. The van der Waals surface area contributed by atoms with Gasteiger partial charge in [-0.15, -0.1) is 10.2 Å². The first-order chi connectivity index (χ1) is 9.60. The van der Waals surface area contributed by atoms with E-state index in [-0.39, 0.29) is 11.6 Å². The van der Waals surface area contributed by atoms with Crippen LogP contribution in [0.3, 0.4) is 0 Å². The van der Waals surface area contributed by atoms with E-state index in [1.54, 1.807) is 26.1 Å². The van der Waals surface area contributed by atoms with Crippen LogP contribution in [0.1, 0.15) is 6.92 Å². The molecule has 0 bridgehead atoms. The SMILES string of the molecule is CNc1nnc(S[C@H](C)C(=O)Nc2ccccc2F)s1. The Balaban J connectivity index is 1.97. The summed E-state index contributed by atoms with van der Waals surface area (Å²) in [6.45, 7) is 1.74. The zero-order chi connectivity index (χ0) is 14.5. The number of rotatable bonds is 5. The Labute approximate surface area is 124 Å². The molecule has 106 valence electrons. The van der Waals surface area contributed by atoms with Crippen molar-refractivity contribution < 1.29 is 9.18 Å². The molecule has 0 radical (unpaired) electrons. The highest BCUT2D eigenvalue weighted by Gasteiger charge is 2.18. The summed E-state index contributed by atoms with van der Waals surface area (Å²) in [5.41, 5.74) is 0.179. The molecule has 2 N–H and O–H groups in total. The molecule has 2 rings (SSSR count). The maximum Gasteiger partial charge on any atom is 0.237 e. The smallest absolute Gasteiger partial charge is 0.237 e. The monoisotopic (exact) mass is 312 g/mol. The third-order valence-corrected chi connectivity index (χ3v) is 4.52. The number of hydrogen-bond acceptors (Lipinski definition) is 6. The summed E-state index contributed by atoms with van der Waals surface area (Å²) in [6, 6.07) is 6.07. The molecule has 1 aromatic carbocycles. The second-order valence-corrected chi connectivity index (χ2v) is 6.42. The molecule has 1 amide bonds. The number of nitrogens with one attached hydrogen (secondary N) is 2. The maximum absolute atomic E-state index is 13.4. The fraction of sp³-hybridized carbons (Fsp3) is 0.250. The van der Waals surface area contributed by atoms with Crippen LogP contribution in [0, 0.1) is 5.82 Å². The summed E-state index contributed by atoms with van der Waals surface area (Å²) in [4.78, 5) is 12.0. The molecule has 0 aliphatic rings. The maximum atomic E-state index is 13.4. The summed E-state index contributed by atoms with van der Waals surface area (Å²) in [5, 5.41) is 13.6. The minimum atomic E-state index is -0.452. The van der Waals surface area contributed by atoms with Gasteiger partial charge in [0.15, 0.2) is 4.34 Å². The fourth-order valence-electron chi connectivity index (χ4n) is 1.36. The summed E-state index contributed by atoms with van der Waals surface area (Å²) in [7, 11) is 1.75. The number of thioether (sulfide) groups is 1. The van der Waals surface area contributed by atoms with Gasteiger partial charge < -0.3 is 10.6 Å². The van der Waals surface area contributed by atoms with E-state index in [1.165, 1.54) is 35.2 Å². The van der Waals surface area contributed by atoms with Crippen molar-refractivity contribution >= 4 is 39.8 Å². The molecule has 8 heteroatoms. The molecule has 5 nitrogen and oxygen atoms in total. The number of nitrogens with zero attached hydrogens (tertiary/aromatic N) is 2. The van der Waals surface area contributed by atoms with Crippen LogP contribution in [0.4, 0.5) is 15.2 Å². The molecule has 0 saturated heterocycles. The van der Waals surface area contributed by atoms with E-state index < -0.39 is 11.1 Å². The van der Waals surface area contributed by atoms with E-state index in [1.807, 2.05) is 0 Å². The minimum absolute atomic E-state index is 0.179. The van der Waals surface area contributed by atoms with Crippen molar-refractivity contribution in [1.29, 1.82) is 0 Å². The molecule has 1 atom stereocenters. The number of carbonyl (C=O) groups excluding carboxylic acids is 1. The van der Waals surface area contributed by atoms with Crippen LogP contribution in [0.15, 0.2) is 28.6 Å². The standard InChI is InChI=1S/C12H13FN4OS2/c1-7(19-12-17-16-11(14-2)20-12)10(18)15-9-6-4-3-5-8(9)13/h3-7H,1-2H3,(H,14,16)(H,15,18)/t7-/m1/s1. The lowest BCUT2D eigenvalue weighted by molar-refractivity contribution is -0.115. The summed E-state index contributed by atoms with van der Waals surface area (Å²) in [5.74, 6) is -0.729. The van der Waals surface area contributed by atoms with Gasteiger partial charge in [-0.05, 0) is 19.1 Å². The number of aromatic nitrogens is 2. The van der Waals surface area contributed by atoms with Gasteiger partial charge in [-0.1, -0.05) is 35.2 Å². The highest BCUT2D eigenvalue weighted by molar-refractivity contribution is 8.02. The zero-order valence-corrected chi connectivity index (χ0v) is 12.5. The molecular formula is C12H13FN4OS2. The van der Waals surface area contributed by atoms with Crippen molar-refractivity contribution in [1.82, 2.24) is 10.2 Å². The van der Waals surface area contributed by atoms with Gasteiger partial charge in [0.25, 0.3) is 0 Å². The molecule has 0 saturated carbocycles. The molecule has 0 spiro atoms. The van der Waals surface area contributed by atoms with Gasteiger partial charge in [0, 0.05) is 7.05 Å².